The first-order chi connectivity index (χ1) is 5.65. The lowest BCUT2D eigenvalue weighted by molar-refractivity contribution is 0.0597. The minimum absolute atomic E-state index is 0.0887. The SMILES string of the molecule is [CH2]c1ccc(O)c(C(=O)OC)c1. The quantitative estimate of drug-likeness (QED) is 0.639. The molecule has 63 valence electrons. The molecule has 3 nitrogen and oxygen atoms in total. The Morgan fingerprint density at radius 1 is 1.58 bits per heavy atom. The van der Waals surface area contributed by atoms with Crippen molar-refractivity contribution in [1.29, 1.82) is 0 Å². The molecule has 0 aliphatic heterocycles. The molecule has 0 aliphatic rings. The van der Waals surface area contributed by atoms with Crippen LogP contribution in [0, 0.1) is 6.92 Å². The van der Waals surface area contributed by atoms with Crippen molar-refractivity contribution in [2.24, 2.45) is 0 Å². The number of aromatic hydroxyl groups is 1. The van der Waals surface area contributed by atoms with Crippen LogP contribution in [-0.4, -0.2) is 18.2 Å². The molecule has 0 saturated carbocycles. The molecule has 1 radical (unpaired) electrons. The Labute approximate surface area is 70.6 Å². The fraction of sp³-hybridized carbons (Fsp3) is 0.111. The molecule has 12 heavy (non-hydrogen) atoms. The van der Waals surface area contributed by atoms with Gasteiger partial charge in [0.15, 0.2) is 0 Å². The Morgan fingerprint density at radius 3 is 2.83 bits per heavy atom. The van der Waals surface area contributed by atoms with E-state index in [1.165, 1.54) is 19.2 Å². The lowest BCUT2D eigenvalue weighted by Gasteiger charge is -2.02. The second-order valence-electron chi connectivity index (χ2n) is 2.34. The predicted octanol–water partition coefficient (Wildman–Crippen LogP) is 1.36. The van der Waals surface area contributed by atoms with E-state index in [1.54, 1.807) is 6.07 Å². The van der Waals surface area contributed by atoms with E-state index in [2.05, 4.69) is 11.7 Å². The number of benzene rings is 1. The van der Waals surface area contributed by atoms with Crippen molar-refractivity contribution >= 4 is 5.97 Å². The number of hydrogen-bond donors (Lipinski definition) is 1. The summed E-state index contributed by atoms with van der Waals surface area (Å²) in [6, 6.07) is 4.50. The van der Waals surface area contributed by atoms with Gasteiger partial charge in [-0.15, -0.1) is 0 Å². The number of phenolic OH excluding ortho intramolecular Hbond substituents is 1. The molecule has 1 rings (SSSR count). The zero-order chi connectivity index (χ0) is 9.14. The van der Waals surface area contributed by atoms with Gasteiger partial charge in [-0.25, -0.2) is 4.79 Å². The molecule has 0 atom stereocenters. The Bertz CT molecular complexity index is 305. The van der Waals surface area contributed by atoms with Gasteiger partial charge in [-0.05, 0) is 24.6 Å². The summed E-state index contributed by atoms with van der Waals surface area (Å²) in [4.78, 5) is 11.0. The monoisotopic (exact) mass is 165 g/mol. The molecule has 0 amide bonds. The van der Waals surface area contributed by atoms with Crippen LogP contribution < -0.4 is 0 Å². The third-order valence-corrected chi connectivity index (χ3v) is 1.47. The highest BCUT2D eigenvalue weighted by Gasteiger charge is 2.10. The summed E-state index contributed by atoms with van der Waals surface area (Å²) in [5, 5.41) is 9.21. The standard InChI is InChI=1S/C9H9O3/c1-6-3-4-8(10)7(5-6)9(11)12-2/h3-5,10H,1H2,2H3. The Morgan fingerprint density at radius 2 is 2.25 bits per heavy atom. The molecule has 0 aliphatic carbocycles. The maximum atomic E-state index is 11.0. The van der Waals surface area contributed by atoms with Gasteiger partial charge in [0.05, 0.1) is 7.11 Å². The van der Waals surface area contributed by atoms with Crippen molar-refractivity contribution in [1.82, 2.24) is 0 Å². The van der Waals surface area contributed by atoms with Gasteiger partial charge in [-0.3, -0.25) is 0 Å². The van der Waals surface area contributed by atoms with Crippen molar-refractivity contribution in [3.05, 3.63) is 36.2 Å². The summed E-state index contributed by atoms with van der Waals surface area (Å²) in [6.45, 7) is 3.62. The van der Waals surface area contributed by atoms with Gasteiger partial charge < -0.3 is 9.84 Å². The van der Waals surface area contributed by atoms with Crippen LogP contribution in [0.4, 0.5) is 0 Å². The molecule has 0 fully saturated rings. The highest BCUT2D eigenvalue weighted by molar-refractivity contribution is 5.92. The summed E-state index contributed by atoms with van der Waals surface area (Å²) in [7, 11) is 1.26. The number of rotatable bonds is 1. The topological polar surface area (TPSA) is 46.5 Å². The number of carbonyl (C=O) groups is 1. The first-order valence-corrected chi connectivity index (χ1v) is 3.38. The van der Waals surface area contributed by atoms with E-state index in [4.69, 9.17) is 0 Å². The molecule has 0 bridgehead atoms. The number of phenols is 1. The lowest BCUT2D eigenvalue weighted by Crippen LogP contribution is -2.01. The van der Waals surface area contributed by atoms with Gasteiger partial charge in [-0.2, -0.15) is 0 Å². The smallest absolute Gasteiger partial charge is 0.341 e. The van der Waals surface area contributed by atoms with Crippen LogP contribution >= 0.6 is 0 Å². The first kappa shape index (κ1) is 8.59. The Hall–Kier alpha value is -1.51. The summed E-state index contributed by atoms with van der Waals surface area (Å²) in [5.74, 6) is -0.646. The van der Waals surface area contributed by atoms with E-state index >= 15 is 0 Å². The van der Waals surface area contributed by atoms with E-state index in [0.717, 1.165) is 0 Å². The molecule has 0 unspecified atom stereocenters. The van der Waals surface area contributed by atoms with E-state index in [-0.39, 0.29) is 11.3 Å². The van der Waals surface area contributed by atoms with Crippen LogP contribution in [0.5, 0.6) is 5.75 Å². The van der Waals surface area contributed by atoms with Gasteiger partial charge in [0, 0.05) is 0 Å². The summed E-state index contributed by atoms with van der Waals surface area (Å²) in [6.07, 6.45) is 0. The fourth-order valence-corrected chi connectivity index (χ4v) is 0.857. The van der Waals surface area contributed by atoms with Crippen molar-refractivity contribution in [2.45, 2.75) is 0 Å². The minimum atomic E-state index is -0.557. The molecule has 1 N–H and O–H groups in total. The maximum absolute atomic E-state index is 11.0. The molecule has 3 heteroatoms. The van der Waals surface area contributed by atoms with Gasteiger partial charge in [0.1, 0.15) is 11.3 Å². The maximum Gasteiger partial charge on any atom is 0.341 e. The second-order valence-corrected chi connectivity index (χ2v) is 2.34. The molecule has 0 spiro atoms. The molecular formula is C9H9O3. The average Bonchev–Trinajstić information content (AvgIpc) is 2.08. The van der Waals surface area contributed by atoms with Crippen LogP contribution in [0.25, 0.3) is 0 Å². The van der Waals surface area contributed by atoms with Crippen LogP contribution in [0.3, 0.4) is 0 Å². The largest absolute Gasteiger partial charge is 0.507 e. The minimum Gasteiger partial charge on any atom is -0.507 e. The van der Waals surface area contributed by atoms with Crippen LogP contribution in [0.1, 0.15) is 15.9 Å². The number of methoxy groups -OCH3 is 1. The molecule has 1 aromatic carbocycles. The zero-order valence-corrected chi connectivity index (χ0v) is 6.70. The zero-order valence-electron chi connectivity index (χ0n) is 6.70. The number of esters is 1. The molecule has 0 saturated heterocycles. The van der Waals surface area contributed by atoms with Gasteiger partial charge in [0.2, 0.25) is 0 Å². The highest BCUT2D eigenvalue weighted by atomic mass is 16.5. The Balaban J connectivity index is 3.13. The first-order valence-electron chi connectivity index (χ1n) is 3.38. The van der Waals surface area contributed by atoms with E-state index < -0.39 is 5.97 Å². The molecule has 0 heterocycles. The van der Waals surface area contributed by atoms with Gasteiger partial charge in [0.25, 0.3) is 0 Å². The summed E-state index contributed by atoms with van der Waals surface area (Å²) in [5.41, 5.74) is 0.804. The highest BCUT2D eigenvalue weighted by Crippen LogP contribution is 2.18. The van der Waals surface area contributed by atoms with Crippen molar-refractivity contribution < 1.29 is 14.6 Å². The third-order valence-electron chi connectivity index (χ3n) is 1.47. The van der Waals surface area contributed by atoms with E-state index in [1.807, 2.05) is 0 Å². The van der Waals surface area contributed by atoms with Gasteiger partial charge >= 0.3 is 5.97 Å². The van der Waals surface area contributed by atoms with E-state index in [9.17, 15) is 9.90 Å². The van der Waals surface area contributed by atoms with Crippen molar-refractivity contribution in [2.75, 3.05) is 7.11 Å². The van der Waals surface area contributed by atoms with Crippen LogP contribution in [0.2, 0.25) is 0 Å². The second kappa shape index (κ2) is 3.26. The molecular weight excluding hydrogens is 156 g/mol. The lowest BCUT2D eigenvalue weighted by atomic mass is 10.1. The third kappa shape index (κ3) is 1.56. The molecule has 1 aromatic rings. The van der Waals surface area contributed by atoms with E-state index in [0.29, 0.717) is 5.56 Å². The number of hydrogen-bond acceptors (Lipinski definition) is 3. The van der Waals surface area contributed by atoms with Crippen molar-refractivity contribution in [3.8, 4) is 5.75 Å². The normalized spacial score (nSPS) is 9.50. The summed E-state index contributed by atoms with van der Waals surface area (Å²) >= 11 is 0. The van der Waals surface area contributed by atoms with Gasteiger partial charge in [-0.1, -0.05) is 6.07 Å². The predicted molar refractivity (Wildman–Crippen MR) is 43.9 cm³/mol. The number of ether oxygens (including phenoxy) is 1. The van der Waals surface area contributed by atoms with Crippen LogP contribution in [0.15, 0.2) is 18.2 Å². The summed E-state index contributed by atoms with van der Waals surface area (Å²) < 4.78 is 4.45. The molecule has 0 aromatic heterocycles. The Kier molecular flexibility index (Phi) is 2.33. The van der Waals surface area contributed by atoms with Crippen LogP contribution in [-0.2, 0) is 4.74 Å². The van der Waals surface area contributed by atoms with Crippen molar-refractivity contribution in [3.63, 3.8) is 0 Å². The average molecular weight is 165 g/mol. The number of carbonyl (C=O) groups excluding carboxylic acids is 1. The fourth-order valence-electron chi connectivity index (χ4n) is 0.857.